The third kappa shape index (κ3) is 4.97. The maximum absolute atomic E-state index is 12.2. The van der Waals surface area contributed by atoms with Crippen molar-refractivity contribution in [3.05, 3.63) is 69.3 Å². The van der Waals surface area contributed by atoms with Gasteiger partial charge < -0.3 is 5.32 Å². The van der Waals surface area contributed by atoms with Crippen molar-refractivity contribution < 1.29 is 18.1 Å². The lowest BCUT2D eigenvalue weighted by Gasteiger charge is -2.05. The molecule has 0 saturated carbocycles. The van der Waals surface area contributed by atoms with Gasteiger partial charge in [0, 0.05) is 17.3 Å². The Bertz CT molecular complexity index is 1080. The predicted molar refractivity (Wildman–Crippen MR) is 97.9 cm³/mol. The highest BCUT2D eigenvalue weighted by atomic mass is 32.2. The zero-order valence-corrected chi connectivity index (χ0v) is 14.9. The van der Waals surface area contributed by atoms with Crippen LogP contribution in [-0.2, 0) is 14.8 Å². The number of benzene rings is 2. The molecule has 0 fully saturated rings. The molecule has 0 aromatic heterocycles. The maximum Gasteiger partial charge on any atom is 0.272 e. The van der Waals surface area contributed by atoms with Crippen LogP contribution in [0.15, 0.2) is 52.9 Å². The summed E-state index contributed by atoms with van der Waals surface area (Å²) in [7, 11) is -3.86. The molecule has 2 aromatic rings. The number of carbonyl (C=O) groups is 1. The van der Waals surface area contributed by atoms with Crippen LogP contribution in [0.25, 0.3) is 6.08 Å². The Labute approximate surface area is 154 Å². The first kappa shape index (κ1) is 19.8. The normalized spacial score (nSPS) is 11.5. The number of rotatable bonds is 5. The molecule has 2 rings (SSSR count). The molecule has 9 nitrogen and oxygen atoms in total. The molecule has 3 N–H and O–H groups in total. The van der Waals surface area contributed by atoms with Crippen LogP contribution >= 0.6 is 0 Å². The van der Waals surface area contributed by atoms with Crippen molar-refractivity contribution in [1.82, 2.24) is 0 Å². The first-order valence-electron chi connectivity index (χ1n) is 7.43. The van der Waals surface area contributed by atoms with Crippen LogP contribution in [-0.4, -0.2) is 19.2 Å². The maximum atomic E-state index is 12.2. The molecule has 0 bridgehead atoms. The number of anilines is 1. The number of sulfonamides is 1. The van der Waals surface area contributed by atoms with Gasteiger partial charge in [0.25, 0.3) is 11.6 Å². The van der Waals surface area contributed by atoms with E-state index in [2.05, 4.69) is 5.32 Å². The van der Waals surface area contributed by atoms with E-state index in [1.165, 1.54) is 42.5 Å². The molecular formula is C17H14N4O5S. The van der Waals surface area contributed by atoms with Crippen LogP contribution < -0.4 is 10.5 Å². The molecule has 0 aliphatic rings. The van der Waals surface area contributed by atoms with E-state index in [9.17, 15) is 28.6 Å². The predicted octanol–water partition coefficient (Wildman–Crippen LogP) is 2.10. The molecule has 0 aliphatic heterocycles. The quantitative estimate of drug-likeness (QED) is 0.347. The Morgan fingerprint density at radius 2 is 1.89 bits per heavy atom. The lowest BCUT2D eigenvalue weighted by molar-refractivity contribution is -0.385. The largest absolute Gasteiger partial charge is 0.321 e. The lowest BCUT2D eigenvalue weighted by Crippen LogP contribution is -2.14. The van der Waals surface area contributed by atoms with Gasteiger partial charge in [0.2, 0.25) is 10.0 Å². The number of hydrogen-bond donors (Lipinski definition) is 2. The van der Waals surface area contributed by atoms with Crippen molar-refractivity contribution in [3.63, 3.8) is 0 Å². The number of nitriles is 1. The van der Waals surface area contributed by atoms with E-state index in [1.807, 2.05) is 0 Å². The average Bonchev–Trinajstić information content (AvgIpc) is 2.60. The summed E-state index contributed by atoms with van der Waals surface area (Å²) in [5.41, 5.74) is 0.630. The summed E-state index contributed by atoms with van der Waals surface area (Å²) in [4.78, 5) is 22.6. The van der Waals surface area contributed by atoms with Crippen LogP contribution in [0.1, 0.15) is 11.1 Å². The third-order valence-corrected chi connectivity index (χ3v) is 4.48. The molecule has 27 heavy (non-hydrogen) atoms. The van der Waals surface area contributed by atoms with E-state index in [4.69, 9.17) is 5.14 Å². The first-order chi connectivity index (χ1) is 12.6. The van der Waals surface area contributed by atoms with Crippen molar-refractivity contribution in [3.8, 4) is 6.07 Å². The van der Waals surface area contributed by atoms with Gasteiger partial charge in [-0.1, -0.05) is 12.1 Å². The lowest BCUT2D eigenvalue weighted by atomic mass is 10.1. The zero-order chi connectivity index (χ0) is 20.2. The van der Waals surface area contributed by atoms with E-state index >= 15 is 0 Å². The second-order valence-electron chi connectivity index (χ2n) is 5.50. The summed E-state index contributed by atoms with van der Waals surface area (Å²) >= 11 is 0. The highest BCUT2D eigenvalue weighted by molar-refractivity contribution is 7.89. The molecule has 0 heterocycles. The Morgan fingerprint density at radius 1 is 1.26 bits per heavy atom. The minimum Gasteiger partial charge on any atom is -0.321 e. The number of nitro benzene ring substituents is 1. The van der Waals surface area contributed by atoms with Gasteiger partial charge >= 0.3 is 0 Å². The minimum absolute atomic E-state index is 0.122. The fourth-order valence-corrected chi connectivity index (χ4v) is 2.67. The minimum atomic E-state index is -3.86. The number of amides is 1. The number of nitrogens with one attached hydrogen (secondary N) is 1. The standard InChI is InChI=1S/C17H14N4O5S/c1-11-2-3-12(9-16(11)21(23)24)8-13(10-18)17(22)20-14-4-6-15(7-5-14)27(19,25)26/h2-9H,1H3,(H,20,22)(H2,19,25,26)/b13-8+. The van der Waals surface area contributed by atoms with E-state index in [1.54, 1.807) is 19.1 Å². The highest BCUT2D eigenvalue weighted by Gasteiger charge is 2.14. The van der Waals surface area contributed by atoms with E-state index in [-0.39, 0.29) is 21.8 Å². The van der Waals surface area contributed by atoms with Crippen LogP contribution in [0.2, 0.25) is 0 Å². The van der Waals surface area contributed by atoms with Crippen molar-refractivity contribution in [2.45, 2.75) is 11.8 Å². The monoisotopic (exact) mass is 386 g/mol. The Hall–Kier alpha value is -3.55. The molecule has 0 radical (unpaired) electrons. The SMILES string of the molecule is Cc1ccc(/C=C(\C#N)C(=O)Nc2ccc(S(N)(=O)=O)cc2)cc1[N+](=O)[O-]. The zero-order valence-electron chi connectivity index (χ0n) is 14.0. The molecule has 10 heteroatoms. The number of nitrogens with zero attached hydrogens (tertiary/aromatic N) is 2. The van der Waals surface area contributed by atoms with E-state index < -0.39 is 20.9 Å². The van der Waals surface area contributed by atoms with E-state index in [0.29, 0.717) is 11.1 Å². The second-order valence-corrected chi connectivity index (χ2v) is 7.06. The molecule has 0 unspecified atom stereocenters. The van der Waals surface area contributed by atoms with Crippen molar-refractivity contribution in [1.29, 1.82) is 5.26 Å². The smallest absolute Gasteiger partial charge is 0.272 e. The van der Waals surface area contributed by atoms with Crippen LogP contribution in [0.4, 0.5) is 11.4 Å². The van der Waals surface area contributed by atoms with Crippen molar-refractivity contribution in [2.24, 2.45) is 5.14 Å². The van der Waals surface area contributed by atoms with Gasteiger partial charge in [-0.25, -0.2) is 13.6 Å². The highest BCUT2D eigenvalue weighted by Crippen LogP contribution is 2.21. The summed E-state index contributed by atoms with van der Waals surface area (Å²) in [6.07, 6.45) is 1.22. The first-order valence-corrected chi connectivity index (χ1v) is 8.97. The molecule has 0 spiro atoms. The summed E-state index contributed by atoms with van der Waals surface area (Å²) in [5.74, 6) is -0.746. The molecule has 0 aliphatic carbocycles. The van der Waals surface area contributed by atoms with Crippen molar-refractivity contribution >= 4 is 33.4 Å². The Kier molecular flexibility index (Phi) is 5.69. The van der Waals surface area contributed by atoms with Crippen LogP contribution in [0, 0.1) is 28.4 Å². The summed E-state index contributed by atoms with van der Waals surface area (Å²) in [5, 5.41) is 27.6. The summed E-state index contributed by atoms with van der Waals surface area (Å²) in [6.45, 7) is 1.58. The molecule has 0 saturated heterocycles. The van der Waals surface area contributed by atoms with Gasteiger partial charge in [0.1, 0.15) is 11.6 Å². The number of nitrogens with two attached hydrogens (primary N) is 1. The van der Waals surface area contributed by atoms with Gasteiger partial charge in [-0.2, -0.15) is 5.26 Å². The van der Waals surface area contributed by atoms with Crippen molar-refractivity contribution in [2.75, 3.05) is 5.32 Å². The molecule has 0 atom stereocenters. The Morgan fingerprint density at radius 3 is 2.41 bits per heavy atom. The molecule has 1 amide bonds. The van der Waals surface area contributed by atoms with Gasteiger partial charge in [-0.3, -0.25) is 14.9 Å². The fraction of sp³-hybridized carbons (Fsp3) is 0.0588. The van der Waals surface area contributed by atoms with Gasteiger partial charge in [-0.05, 0) is 42.8 Å². The average molecular weight is 386 g/mol. The summed E-state index contributed by atoms with van der Waals surface area (Å²) in [6, 6.07) is 11.1. The fourth-order valence-electron chi connectivity index (χ4n) is 2.15. The van der Waals surface area contributed by atoms with Crippen LogP contribution in [0.3, 0.4) is 0 Å². The molecule has 138 valence electrons. The van der Waals surface area contributed by atoms with Crippen LogP contribution in [0.5, 0.6) is 0 Å². The summed E-state index contributed by atoms with van der Waals surface area (Å²) < 4.78 is 22.4. The Balaban J connectivity index is 2.26. The number of primary sulfonamides is 1. The van der Waals surface area contributed by atoms with Gasteiger partial charge in [-0.15, -0.1) is 0 Å². The number of aryl methyl sites for hydroxylation is 1. The molecule has 2 aromatic carbocycles. The number of hydrogen-bond acceptors (Lipinski definition) is 6. The third-order valence-electron chi connectivity index (χ3n) is 3.55. The number of carbonyl (C=O) groups excluding carboxylic acids is 1. The van der Waals surface area contributed by atoms with E-state index in [0.717, 1.165) is 0 Å². The molecular weight excluding hydrogens is 372 g/mol. The van der Waals surface area contributed by atoms with Gasteiger partial charge in [0.05, 0.1) is 9.82 Å². The second kappa shape index (κ2) is 7.77. The van der Waals surface area contributed by atoms with Gasteiger partial charge in [0.15, 0.2) is 0 Å². The number of nitro groups is 1. The topological polar surface area (TPSA) is 156 Å².